The molecule has 3 amide bonds. The number of carbonyl (C=O) groups excluding carboxylic acids is 3. The Balaban J connectivity index is 1.65. The zero-order valence-electron chi connectivity index (χ0n) is 19.9. The number of nitrogens with one attached hydrogen (secondary N) is 1. The van der Waals surface area contributed by atoms with E-state index in [9.17, 15) is 19.6 Å². The number of nitrogens with zero attached hydrogens (tertiary/aromatic N) is 5. The lowest BCUT2D eigenvalue weighted by atomic mass is 10.1. The van der Waals surface area contributed by atoms with E-state index in [1.165, 1.54) is 22.2 Å². The van der Waals surface area contributed by atoms with Gasteiger partial charge in [-0.15, -0.1) is 0 Å². The van der Waals surface area contributed by atoms with Gasteiger partial charge in [-0.2, -0.15) is 0 Å². The topological polar surface area (TPSA) is 121 Å². The van der Waals surface area contributed by atoms with Crippen LogP contribution in [0.15, 0.2) is 43.2 Å². The Bertz CT molecular complexity index is 971. The number of aromatic nitrogens is 3. The van der Waals surface area contributed by atoms with E-state index < -0.39 is 17.7 Å². The maximum atomic E-state index is 13.1. The fraction of sp³-hybridized carbons (Fsp3) is 0.522. The van der Waals surface area contributed by atoms with Crippen molar-refractivity contribution in [2.45, 2.75) is 51.8 Å². The molecule has 0 aromatic carbocycles. The standard InChI is InChI=1S/C23H32N6O5/c1-23(2,3)34-22(32)27-13-14-29(20(30)15-18-5-10-28(33)11-6-18)19(16-27)21(31)25-7-4-9-26-12-8-24-17-26/h5-6,8,10-12,17,19H,4,7,9,13-16H2,1-3H3,(H-,25,31,33)/p+1. The van der Waals surface area contributed by atoms with Crippen LogP contribution < -0.4 is 10.0 Å². The first-order chi connectivity index (χ1) is 16.1. The Morgan fingerprint density at radius 2 is 1.97 bits per heavy atom. The number of hydrogen-bond donors (Lipinski definition) is 2. The van der Waals surface area contributed by atoms with Crippen molar-refractivity contribution in [1.29, 1.82) is 0 Å². The van der Waals surface area contributed by atoms with Gasteiger partial charge in [0.05, 0.1) is 19.3 Å². The molecule has 2 aromatic rings. The van der Waals surface area contributed by atoms with E-state index in [0.717, 1.165) is 4.73 Å². The first-order valence-corrected chi connectivity index (χ1v) is 11.3. The summed E-state index contributed by atoms with van der Waals surface area (Å²) in [6.07, 6.45) is 8.41. The lowest BCUT2D eigenvalue weighted by molar-refractivity contribution is -0.904. The normalized spacial score (nSPS) is 16.3. The Morgan fingerprint density at radius 3 is 2.62 bits per heavy atom. The molecule has 3 heterocycles. The highest BCUT2D eigenvalue weighted by Crippen LogP contribution is 2.17. The van der Waals surface area contributed by atoms with Gasteiger partial charge in [-0.05, 0) is 32.8 Å². The minimum atomic E-state index is -0.825. The smallest absolute Gasteiger partial charge is 0.410 e. The summed E-state index contributed by atoms with van der Waals surface area (Å²) in [5, 5.41) is 12.3. The predicted octanol–water partition coefficient (Wildman–Crippen LogP) is 0.605. The van der Waals surface area contributed by atoms with E-state index in [0.29, 0.717) is 25.1 Å². The van der Waals surface area contributed by atoms with Crippen molar-refractivity contribution in [3.05, 3.63) is 48.8 Å². The summed E-state index contributed by atoms with van der Waals surface area (Å²) in [5.41, 5.74) is 0.0517. The average Bonchev–Trinajstić information content (AvgIpc) is 3.30. The van der Waals surface area contributed by atoms with Crippen LogP contribution in [0.2, 0.25) is 0 Å². The molecule has 1 atom stereocenters. The Labute approximate surface area is 198 Å². The third-order valence-electron chi connectivity index (χ3n) is 5.34. The van der Waals surface area contributed by atoms with Gasteiger partial charge in [-0.25, -0.2) is 9.78 Å². The number of aryl methyl sites for hydroxylation is 1. The lowest BCUT2D eigenvalue weighted by Gasteiger charge is -2.40. The number of pyridine rings is 1. The van der Waals surface area contributed by atoms with Gasteiger partial charge in [0.25, 0.3) is 0 Å². The van der Waals surface area contributed by atoms with Gasteiger partial charge in [-0.1, -0.05) is 0 Å². The van der Waals surface area contributed by atoms with Crippen LogP contribution in [0.4, 0.5) is 4.79 Å². The third kappa shape index (κ3) is 7.19. The zero-order valence-corrected chi connectivity index (χ0v) is 19.9. The molecule has 11 nitrogen and oxygen atoms in total. The number of amides is 3. The van der Waals surface area contributed by atoms with E-state index in [-0.39, 0.29) is 37.9 Å². The third-order valence-corrected chi connectivity index (χ3v) is 5.34. The molecule has 1 unspecified atom stereocenters. The van der Waals surface area contributed by atoms with Crippen molar-refractivity contribution >= 4 is 17.9 Å². The summed E-state index contributed by atoms with van der Waals surface area (Å²) in [6, 6.07) is 2.45. The van der Waals surface area contributed by atoms with E-state index in [4.69, 9.17) is 4.74 Å². The molecular formula is C23H33N6O5+. The molecule has 0 spiro atoms. The number of rotatable bonds is 7. The molecule has 2 N–H and O–H groups in total. The van der Waals surface area contributed by atoms with Crippen molar-refractivity contribution in [3.63, 3.8) is 0 Å². The highest BCUT2D eigenvalue weighted by molar-refractivity contribution is 5.89. The average molecular weight is 474 g/mol. The molecule has 3 rings (SSSR count). The molecule has 11 heteroatoms. The molecule has 1 aliphatic heterocycles. The molecular weight excluding hydrogens is 440 g/mol. The summed E-state index contributed by atoms with van der Waals surface area (Å²) in [5.74, 6) is -0.536. The Kier molecular flexibility index (Phi) is 8.08. The molecule has 0 saturated carbocycles. The molecule has 0 radical (unpaired) electrons. The van der Waals surface area contributed by atoms with Crippen molar-refractivity contribution < 1.29 is 29.1 Å². The first kappa shape index (κ1) is 25.0. The highest BCUT2D eigenvalue weighted by Gasteiger charge is 2.38. The van der Waals surface area contributed by atoms with E-state index in [1.54, 1.807) is 45.4 Å². The maximum absolute atomic E-state index is 13.1. The fourth-order valence-electron chi connectivity index (χ4n) is 3.65. The van der Waals surface area contributed by atoms with Gasteiger partial charge in [-0.3, -0.25) is 14.8 Å². The number of hydrogen-bond acceptors (Lipinski definition) is 6. The quantitative estimate of drug-likeness (QED) is 0.345. The monoisotopic (exact) mass is 473 g/mol. The van der Waals surface area contributed by atoms with E-state index in [1.807, 2.05) is 10.8 Å². The Morgan fingerprint density at radius 1 is 1.24 bits per heavy atom. The minimum Gasteiger partial charge on any atom is -0.444 e. The zero-order chi connectivity index (χ0) is 24.7. The van der Waals surface area contributed by atoms with Gasteiger partial charge in [0, 0.05) is 55.4 Å². The summed E-state index contributed by atoms with van der Waals surface area (Å²) in [4.78, 5) is 45.8. The summed E-state index contributed by atoms with van der Waals surface area (Å²) < 4.78 is 8.28. The molecule has 34 heavy (non-hydrogen) atoms. The second kappa shape index (κ2) is 11.0. The molecule has 0 aliphatic carbocycles. The highest BCUT2D eigenvalue weighted by atomic mass is 16.6. The largest absolute Gasteiger partial charge is 0.444 e. The predicted molar refractivity (Wildman–Crippen MR) is 121 cm³/mol. The van der Waals surface area contributed by atoms with Gasteiger partial charge in [0.2, 0.25) is 24.2 Å². The van der Waals surface area contributed by atoms with Crippen LogP contribution >= 0.6 is 0 Å². The number of carbonyl (C=O) groups is 3. The van der Waals surface area contributed by atoms with Gasteiger partial charge in [0.15, 0.2) is 0 Å². The lowest BCUT2D eigenvalue weighted by Crippen LogP contribution is -2.62. The molecule has 1 aliphatic rings. The first-order valence-electron chi connectivity index (χ1n) is 11.3. The number of ether oxygens (including phenoxy) is 1. The maximum Gasteiger partial charge on any atom is 0.410 e. The van der Waals surface area contributed by atoms with Crippen LogP contribution in [-0.4, -0.2) is 80.3 Å². The van der Waals surface area contributed by atoms with Crippen LogP contribution in [0, 0.1) is 0 Å². The second-order valence-electron chi connectivity index (χ2n) is 9.24. The van der Waals surface area contributed by atoms with Crippen LogP contribution in [0.3, 0.4) is 0 Å². The molecule has 1 fully saturated rings. The van der Waals surface area contributed by atoms with E-state index in [2.05, 4.69) is 10.3 Å². The van der Waals surface area contributed by atoms with Crippen molar-refractivity contribution in [3.8, 4) is 0 Å². The summed E-state index contributed by atoms with van der Waals surface area (Å²) in [6.45, 7) is 7.03. The Hall–Kier alpha value is -3.63. The van der Waals surface area contributed by atoms with Crippen LogP contribution in [-0.2, 0) is 27.3 Å². The van der Waals surface area contributed by atoms with Gasteiger partial charge >= 0.3 is 6.09 Å². The number of imidazole rings is 1. The van der Waals surface area contributed by atoms with Crippen molar-refractivity contribution in [2.75, 3.05) is 26.2 Å². The minimum absolute atomic E-state index is 0.0550. The van der Waals surface area contributed by atoms with Crippen LogP contribution in [0.1, 0.15) is 32.8 Å². The SMILES string of the molecule is CC(C)(C)OC(=O)N1CCN(C(=O)Cc2cc[n+](O)cc2)C(C(=O)NCCCn2ccnc2)C1. The molecule has 184 valence electrons. The molecule has 1 saturated heterocycles. The molecule has 0 bridgehead atoms. The van der Waals surface area contributed by atoms with E-state index >= 15 is 0 Å². The van der Waals surface area contributed by atoms with Crippen molar-refractivity contribution in [1.82, 2.24) is 24.7 Å². The fourth-order valence-corrected chi connectivity index (χ4v) is 3.65. The van der Waals surface area contributed by atoms with Crippen LogP contribution in [0.25, 0.3) is 0 Å². The number of piperazine rings is 1. The van der Waals surface area contributed by atoms with Crippen LogP contribution in [0.5, 0.6) is 0 Å². The van der Waals surface area contributed by atoms with Gasteiger partial charge in [0.1, 0.15) is 11.6 Å². The summed E-state index contributed by atoms with van der Waals surface area (Å²) in [7, 11) is 0. The van der Waals surface area contributed by atoms with Gasteiger partial charge < -0.3 is 24.4 Å². The second-order valence-corrected chi connectivity index (χ2v) is 9.24. The summed E-state index contributed by atoms with van der Waals surface area (Å²) >= 11 is 0. The molecule has 2 aromatic heterocycles. The van der Waals surface area contributed by atoms with Crippen molar-refractivity contribution in [2.24, 2.45) is 0 Å².